The first-order chi connectivity index (χ1) is 14.5. The molecule has 7 nitrogen and oxygen atoms in total. The van der Waals surface area contributed by atoms with Crippen molar-refractivity contribution in [2.75, 3.05) is 25.0 Å². The van der Waals surface area contributed by atoms with Crippen LogP contribution in [0.4, 0.5) is 5.69 Å². The van der Waals surface area contributed by atoms with Crippen LogP contribution in [0.3, 0.4) is 0 Å². The van der Waals surface area contributed by atoms with Crippen LogP contribution in [0.5, 0.6) is 0 Å². The minimum Gasteiger partial charge on any atom is -0.371 e. The fourth-order valence-electron chi connectivity index (χ4n) is 4.02. The van der Waals surface area contributed by atoms with Gasteiger partial charge in [-0.25, -0.2) is 9.67 Å². The van der Waals surface area contributed by atoms with Crippen LogP contribution in [0.25, 0.3) is 5.69 Å². The van der Waals surface area contributed by atoms with Crippen molar-refractivity contribution in [1.29, 1.82) is 0 Å². The molecule has 30 heavy (non-hydrogen) atoms. The van der Waals surface area contributed by atoms with Crippen LogP contribution in [0.2, 0.25) is 0 Å². The van der Waals surface area contributed by atoms with Crippen LogP contribution in [0, 0.1) is 0 Å². The molecule has 0 saturated carbocycles. The molecule has 1 fully saturated rings. The average molecular weight is 407 g/mol. The van der Waals surface area contributed by atoms with Crippen molar-refractivity contribution in [3.8, 4) is 5.69 Å². The summed E-state index contributed by atoms with van der Waals surface area (Å²) in [5.41, 5.74) is 1.95. The lowest BCUT2D eigenvalue weighted by Crippen LogP contribution is -2.41. The summed E-state index contributed by atoms with van der Waals surface area (Å²) in [5.74, 6) is 1.01. The normalized spacial score (nSPS) is 17.4. The third-order valence-corrected chi connectivity index (χ3v) is 5.94. The predicted molar refractivity (Wildman–Crippen MR) is 119 cm³/mol. The molecular formula is C23H30N6O. The van der Waals surface area contributed by atoms with Gasteiger partial charge in [-0.2, -0.15) is 5.10 Å². The lowest BCUT2D eigenvalue weighted by Gasteiger charge is -2.33. The van der Waals surface area contributed by atoms with Gasteiger partial charge in [0.25, 0.3) is 5.56 Å². The molecule has 7 heteroatoms. The van der Waals surface area contributed by atoms with Gasteiger partial charge in [0.2, 0.25) is 0 Å². The highest BCUT2D eigenvalue weighted by Crippen LogP contribution is 2.22. The summed E-state index contributed by atoms with van der Waals surface area (Å²) in [6, 6.07) is 12.4. The number of nitrogens with zero attached hydrogens (tertiary/aromatic N) is 6. The molecule has 1 aromatic carbocycles. The highest BCUT2D eigenvalue weighted by molar-refractivity contribution is 5.42. The molecule has 0 radical (unpaired) electrons. The molecule has 0 spiro atoms. The lowest BCUT2D eigenvalue weighted by atomic mass is 10.1. The highest BCUT2D eigenvalue weighted by Gasteiger charge is 2.24. The fourth-order valence-corrected chi connectivity index (χ4v) is 4.02. The second-order valence-corrected chi connectivity index (χ2v) is 8.28. The molecular weight excluding hydrogens is 376 g/mol. The Bertz CT molecular complexity index is 1030. The second kappa shape index (κ2) is 8.83. The minimum absolute atomic E-state index is 0.0300. The van der Waals surface area contributed by atoms with Crippen molar-refractivity contribution in [1.82, 2.24) is 24.2 Å². The van der Waals surface area contributed by atoms with Crippen LogP contribution in [-0.4, -0.2) is 50.4 Å². The van der Waals surface area contributed by atoms with Gasteiger partial charge in [0.05, 0.1) is 24.5 Å². The number of likely N-dealkylation sites (tertiary alicyclic amines) is 1. The highest BCUT2D eigenvalue weighted by atomic mass is 16.1. The number of rotatable bonds is 6. The summed E-state index contributed by atoms with van der Waals surface area (Å²) in [5, 5.41) is 4.52. The van der Waals surface area contributed by atoms with E-state index in [1.807, 2.05) is 43.8 Å². The molecule has 0 bridgehead atoms. The van der Waals surface area contributed by atoms with E-state index in [4.69, 9.17) is 0 Å². The first-order valence-corrected chi connectivity index (χ1v) is 10.6. The number of aromatic nitrogens is 4. The van der Waals surface area contributed by atoms with Crippen LogP contribution in [0.1, 0.15) is 38.6 Å². The van der Waals surface area contributed by atoms with Gasteiger partial charge in [-0.15, -0.1) is 0 Å². The Morgan fingerprint density at radius 3 is 2.77 bits per heavy atom. The number of para-hydroxylation sites is 1. The van der Waals surface area contributed by atoms with E-state index < -0.39 is 0 Å². The summed E-state index contributed by atoms with van der Waals surface area (Å²) < 4.78 is 3.79. The Balaban J connectivity index is 1.49. The number of imidazole rings is 1. The van der Waals surface area contributed by atoms with Crippen molar-refractivity contribution >= 4 is 5.69 Å². The maximum Gasteiger partial charge on any atom is 0.269 e. The zero-order valence-corrected chi connectivity index (χ0v) is 18.0. The summed E-state index contributed by atoms with van der Waals surface area (Å²) in [4.78, 5) is 21.8. The molecule has 158 valence electrons. The Morgan fingerprint density at radius 2 is 2.03 bits per heavy atom. The minimum atomic E-state index is -0.0300. The van der Waals surface area contributed by atoms with E-state index in [1.54, 1.807) is 10.7 Å². The zero-order valence-electron chi connectivity index (χ0n) is 18.0. The van der Waals surface area contributed by atoms with Crippen molar-refractivity contribution in [3.63, 3.8) is 0 Å². The van der Waals surface area contributed by atoms with E-state index in [-0.39, 0.29) is 11.6 Å². The number of piperidine rings is 1. The van der Waals surface area contributed by atoms with E-state index in [9.17, 15) is 4.79 Å². The standard InChI is InChI=1S/C23H30N6O/c1-18(2)26(3)21-14-23(30)29(25-15-21)20-10-7-12-27(16-20)17-22-24-11-13-28(22)19-8-5-4-6-9-19/h4-6,8-9,11,13-15,18,20H,7,10,12,16-17H2,1-3H3/t20-/m0/s1. The SMILES string of the molecule is CC(C)N(C)c1cnn([C@H]2CCCN(Cc3nccn3-c3ccccc3)C2)c(=O)c1. The van der Waals surface area contributed by atoms with Gasteiger partial charge in [-0.1, -0.05) is 18.2 Å². The quantitative estimate of drug-likeness (QED) is 0.630. The van der Waals surface area contributed by atoms with E-state index in [1.165, 1.54) is 0 Å². The maximum atomic E-state index is 12.8. The first kappa shape index (κ1) is 20.3. The Hall–Kier alpha value is -2.93. The maximum absolute atomic E-state index is 12.8. The molecule has 3 heterocycles. The topological polar surface area (TPSA) is 59.2 Å². The zero-order chi connectivity index (χ0) is 21.1. The van der Waals surface area contributed by atoms with Gasteiger partial charge in [0, 0.05) is 43.8 Å². The van der Waals surface area contributed by atoms with Crippen molar-refractivity contribution in [2.45, 2.75) is 45.3 Å². The van der Waals surface area contributed by atoms with Crippen LogP contribution in [-0.2, 0) is 6.54 Å². The summed E-state index contributed by atoms with van der Waals surface area (Å²) >= 11 is 0. The Morgan fingerprint density at radius 1 is 1.23 bits per heavy atom. The number of anilines is 1. The average Bonchev–Trinajstić information content (AvgIpc) is 3.22. The van der Waals surface area contributed by atoms with Crippen LogP contribution < -0.4 is 10.5 Å². The third kappa shape index (κ3) is 4.31. The van der Waals surface area contributed by atoms with Gasteiger partial charge < -0.3 is 9.47 Å². The Labute approximate surface area is 177 Å². The predicted octanol–water partition coefficient (Wildman–Crippen LogP) is 3.11. The molecule has 3 aromatic rings. The van der Waals surface area contributed by atoms with E-state index >= 15 is 0 Å². The van der Waals surface area contributed by atoms with Gasteiger partial charge in [0.15, 0.2) is 0 Å². The van der Waals surface area contributed by atoms with Crippen LogP contribution in [0.15, 0.2) is 59.8 Å². The first-order valence-electron chi connectivity index (χ1n) is 10.6. The molecule has 1 saturated heterocycles. The molecule has 1 aliphatic heterocycles. The summed E-state index contributed by atoms with van der Waals surface area (Å²) in [6.07, 6.45) is 7.67. The van der Waals surface area contributed by atoms with E-state index in [2.05, 4.69) is 50.4 Å². The summed E-state index contributed by atoms with van der Waals surface area (Å²) in [7, 11) is 1.99. The second-order valence-electron chi connectivity index (χ2n) is 8.28. The van der Waals surface area contributed by atoms with Crippen LogP contribution >= 0.6 is 0 Å². The van der Waals surface area contributed by atoms with Gasteiger partial charge in [-0.05, 0) is 45.4 Å². The lowest BCUT2D eigenvalue weighted by molar-refractivity contribution is 0.156. The largest absolute Gasteiger partial charge is 0.371 e. The molecule has 1 aliphatic rings. The van der Waals surface area contributed by atoms with Gasteiger partial charge >= 0.3 is 0 Å². The Kier molecular flexibility index (Phi) is 5.99. The van der Waals surface area contributed by atoms with Crippen molar-refractivity contribution in [3.05, 3.63) is 71.2 Å². The molecule has 0 unspecified atom stereocenters. The molecule has 0 amide bonds. The molecule has 0 aliphatic carbocycles. The van der Waals surface area contributed by atoms with Gasteiger partial charge in [0.1, 0.15) is 5.82 Å². The number of hydrogen-bond donors (Lipinski definition) is 0. The molecule has 1 atom stereocenters. The van der Waals surface area contributed by atoms with Crippen molar-refractivity contribution < 1.29 is 0 Å². The molecule has 2 aromatic heterocycles. The third-order valence-electron chi connectivity index (χ3n) is 5.94. The van der Waals surface area contributed by atoms with E-state index in [0.717, 1.165) is 49.7 Å². The van der Waals surface area contributed by atoms with Crippen molar-refractivity contribution in [2.24, 2.45) is 0 Å². The van der Waals surface area contributed by atoms with Gasteiger partial charge in [-0.3, -0.25) is 9.69 Å². The smallest absolute Gasteiger partial charge is 0.269 e. The summed E-state index contributed by atoms with van der Waals surface area (Å²) in [6.45, 7) is 6.75. The molecule has 0 N–H and O–H groups in total. The number of hydrogen-bond acceptors (Lipinski definition) is 5. The van der Waals surface area contributed by atoms with E-state index in [0.29, 0.717) is 6.04 Å². The molecule has 4 rings (SSSR count). The number of benzene rings is 1. The monoisotopic (exact) mass is 406 g/mol. The fraction of sp³-hybridized carbons (Fsp3) is 0.435.